The third-order valence-corrected chi connectivity index (χ3v) is 3.66. The van der Waals surface area contributed by atoms with E-state index in [1.807, 2.05) is 12.1 Å². The largest absolute Gasteiger partial charge is 0.425 e. The van der Waals surface area contributed by atoms with Gasteiger partial charge in [0.2, 0.25) is 5.91 Å². The summed E-state index contributed by atoms with van der Waals surface area (Å²) in [6.45, 7) is 4.15. The first-order valence-corrected chi connectivity index (χ1v) is 7.14. The zero-order valence-corrected chi connectivity index (χ0v) is 12.0. The molecule has 1 aromatic carbocycles. The Morgan fingerprint density at radius 2 is 1.90 bits per heavy atom. The molecule has 0 radical (unpaired) electrons. The summed E-state index contributed by atoms with van der Waals surface area (Å²) in [6.07, 6.45) is 2.96. The van der Waals surface area contributed by atoms with Crippen molar-refractivity contribution in [2.24, 2.45) is 5.92 Å². The molecule has 1 amide bonds. The van der Waals surface area contributed by atoms with Gasteiger partial charge in [0.25, 0.3) is 0 Å². The molecular formula is C16H21NO3. The second-order valence-electron chi connectivity index (χ2n) is 5.54. The van der Waals surface area contributed by atoms with Crippen molar-refractivity contribution >= 4 is 11.9 Å². The van der Waals surface area contributed by atoms with E-state index >= 15 is 0 Å². The van der Waals surface area contributed by atoms with Crippen LogP contribution in [-0.2, 0) is 9.59 Å². The minimum atomic E-state index is -0.435. The van der Waals surface area contributed by atoms with Crippen LogP contribution in [-0.4, -0.2) is 18.4 Å². The Hall–Kier alpha value is -1.84. The molecule has 0 heterocycles. The Morgan fingerprint density at radius 3 is 2.40 bits per heavy atom. The van der Waals surface area contributed by atoms with Crippen molar-refractivity contribution in [3.63, 3.8) is 0 Å². The molecule has 4 heteroatoms. The molecule has 2 rings (SSSR count). The van der Waals surface area contributed by atoms with Gasteiger partial charge in [0.05, 0.1) is 0 Å². The van der Waals surface area contributed by atoms with Crippen LogP contribution in [0.4, 0.5) is 0 Å². The first-order valence-electron chi connectivity index (χ1n) is 7.14. The van der Waals surface area contributed by atoms with Gasteiger partial charge in [0, 0.05) is 5.92 Å². The molecule has 1 saturated carbocycles. The quantitative estimate of drug-likeness (QED) is 0.664. The standard InChI is InChI=1S/C16H21NO3/c1-11(2)12-6-8-14(9-7-12)20-15(18)10-17-16(19)13-4-3-5-13/h6-9,11,13H,3-5,10H2,1-2H3,(H,17,19). The van der Waals surface area contributed by atoms with Gasteiger partial charge in [0.15, 0.2) is 0 Å². The summed E-state index contributed by atoms with van der Waals surface area (Å²) in [5.41, 5.74) is 1.20. The van der Waals surface area contributed by atoms with E-state index < -0.39 is 5.97 Å². The molecule has 0 aromatic heterocycles. The zero-order valence-electron chi connectivity index (χ0n) is 12.0. The van der Waals surface area contributed by atoms with Crippen LogP contribution in [0.25, 0.3) is 0 Å². The molecule has 0 spiro atoms. The number of nitrogens with one attached hydrogen (secondary N) is 1. The van der Waals surface area contributed by atoms with E-state index in [9.17, 15) is 9.59 Å². The number of benzene rings is 1. The number of amides is 1. The summed E-state index contributed by atoms with van der Waals surface area (Å²) in [5.74, 6) is 0.574. The third-order valence-electron chi connectivity index (χ3n) is 3.66. The zero-order chi connectivity index (χ0) is 14.5. The van der Waals surface area contributed by atoms with Crippen molar-refractivity contribution in [1.29, 1.82) is 0 Å². The predicted molar refractivity (Wildman–Crippen MR) is 76.5 cm³/mol. The van der Waals surface area contributed by atoms with Gasteiger partial charge in [-0.15, -0.1) is 0 Å². The lowest BCUT2D eigenvalue weighted by Gasteiger charge is -2.23. The minimum absolute atomic E-state index is 0.0386. The number of ether oxygens (including phenoxy) is 1. The maximum absolute atomic E-state index is 11.6. The number of esters is 1. The molecule has 0 aliphatic heterocycles. The van der Waals surface area contributed by atoms with Crippen molar-refractivity contribution in [2.45, 2.75) is 39.0 Å². The second-order valence-corrected chi connectivity index (χ2v) is 5.54. The number of hydrogen-bond donors (Lipinski definition) is 1. The fraction of sp³-hybridized carbons (Fsp3) is 0.500. The minimum Gasteiger partial charge on any atom is -0.425 e. The smallest absolute Gasteiger partial charge is 0.330 e. The van der Waals surface area contributed by atoms with Gasteiger partial charge < -0.3 is 10.1 Å². The molecular weight excluding hydrogens is 254 g/mol. The summed E-state index contributed by atoms with van der Waals surface area (Å²) in [5, 5.41) is 2.62. The molecule has 0 unspecified atom stereocenters. The molecule has 1 fully saturated rings. The molecule has 0 atom stereocenters. The van der Waals surface area contributed by atoms with Gasteiger partial charge >= 0.3 is 5.97 Å². The number of rotatable bonds is 5. The van der Waals surface area contributed by atoms with Gasteiger partial charge in [-0.1, -0.05) is 32.4 Å². The summed E-state index contributed by atoms with van der Waals surface area (Å²) in [7, 11) is 0. The van der Waals surface area contributed by atoms with Gasteiger partial charge in [-0.3, -0.25) is 4.79 Å². The van der Waals surface area contributed by atoms with E-state index in [4.69, 9.17) is 4.74 Å². The van der Waals surface area contributed by atoms with Crippen molar-refractivity contribution in [3.05, 3.63) is 29.8 Å². The highest BCUT2D eigenvalue weighted by molar-refractivity contribution is 5.84. The van der Waals surface area contributed by atoms with E-state index in [-0.39, 0.29) is 18.4 Å². The molecule has 0 saturated heterocycles. The molecule has 1 aromatic rings. The first-order chi connectivity index (χ1) is 9.56. The van der Waals surface area contributed by atoms with Crippen LogP contribution >= 0.6 is 0 Å². The molecule has 1 N–H and O–H groups in total. The lowest BCUT2D eigenvalue weighted by atomic mass is 9.85. The average Bonchev–Trinajstić information content (AvgIpc) is 2.35. The van der Waals surface area contributed by atoms with Crippen LogP contribution in [0.1, 0.15) is 44.6 Å². The molecule has 1 aliphatic carbocycles. The lowest BCUT2D eigenvalue weighted by Crippen LogP contribution is -2.38. The van der Waals surface area contributed by atoms with E-state index in [2.05, 4.69) is 19.2 Å². The highest BCUT2D eigenvalue weighted by atomic mass is 16.5. The Labute approximate surface area is 119 Å². The van der Waals surface area contributed by atoms with Gasteiger partial charge in [-0.25, -0.2) is 4.79 Å². The maximum Gasteiger partial charge on any atom is 0.330 e. The highest BCUT2D eigenvalue weighted by Gasteiger charge is 2.25. The summed E-state index contributed by atoms with van der Waals surface area (Å²) < 4.78 is 5.18. The first kappa shape index (κ1) is 14.6. The molecule has 20 heavy (non-hydrogen) atoms. The molecule has 1 aliphatic rings. The van der Waals surface area contributed by atoms with E-state index in [1.54, 1.807) is 12.1 Å². The Kier molecular flexibility index (Phi) is 4.77. The summed E-state index contributed by atoms with van der Waals surface area (Å²) >= 11 is 0. The maximum atomic E-state index is 11.6. The lowest BCUT2D eigenvalue weighted by molar-refractivity contribution is -0.137. The number of carbonyl (C=O) groups excluding carboxylic acids is 2. The summed E-state index contributed by atoms with van der Waals surface area (Å²) in [6, 6.07) is 7.45. The average molecular weight is 275 g/mol. The number of hydrogen-bond acceptors (Lipinski definition) is 3. The van der Waals surface area contributed by atoms with Crippen molar-refractivity contribution in [2.75, 3.05) is 6.54 Å². The van der Waals surface area contributed by atoms with Crippen LogP contribution in [0.15, 0.2) is 24.3 Å². The van der Waals surface area contributed by atoms with Crippen LogP contribution in [0.5, 0.6) is 5.75 Å². The Balaban J connectivity index is 1.77. The van der Waals surface area contributed by atoms with Crippen LogP contribution in [0.3, 0.4) is 0 Å². The Bertz CT molecular complexity index is 475. The van der Waals surface area contributed by atoms with Crippen molar-refractivity contribution in [1.82, 2.24) is 5.32 Å². The van der Waals surface area contributed by atoms with Crippen LogP contribution < -0.4 is 10.1 Å². The van der Waals surface area contributed by atoms with E-state index in [1.165, 1.54) is 5.56 Å². The second kappa shape index (κ2) is 6.55. The molecule has 108 valence electrons. The predicted octanol–water partition coefficient (Wildman–Crippen LogP) is 2.63. The van der Waals surface area contributed by atoms with Gasteiger partial charge in [-0.05, 0) is 36.5 Å². The van der Waals surface area contributed by atoms with Crippen molar-refractivity contribution in [3.8, 4) is 5.75 Å². The molecule has 0 bridgehead atoms. The van der Waals surface area contributed by atoms with Gasteiger partial charge in [0.1, 0.15) is 12.3 Å². The highest BCUT2D eigenvalue weighted by Crippen LogP contribution is 2.26. The van der Waals surface area contributed by atoms with Crippen LogP contribution in [0, 0.1) is 5.92 Å². The monoisotopic (exact) mass is 275 g/mol. The summed E-state index contributed by atoms with van der Waals surface area (Å²) in [4.78, 5) is 23.2. The van der Waals surface area contributed by atoms with Crippen molar-refractivity contribution < 1.29 is 14.3 Å². The van der Waals surface area contributed by atoms with E-state index in [0.717, 1.165) is 19.3 Å². The van der Waals surface area contributed by atoms with E-state index in [0.29, 0.717) is 11.7 Å². The van der Waals surface area contributed by atoms with Crippen LogP contribution in [0.2, 0.25) is 0 Å². The topological polar surface area (TPSA) is 55.4 Å². The Morgan fingerprint density at radius 1 is 1.25 bits per heavy atom. The SMILES string of the molecule is CC(C)c1ccc(OC(=O)CNC(=O)C2CCC2)cc1. The fourth-order valence-corrected chi connectivity index (χ4v) is 2.06. The van der Waals surface area contributed by atoms with Gasteiger partial charge in [-0.2, -0.15) is 0 Å². The fourth-order valence-electron chi connectivity index (χ4n) is 2.06. The normalized spacial score (nSPS) is 14.8. The molecule has 4 nitrogen and oxygen atoms in total. The third kappa shape index (κ3) is 3.83. The number of carbonyl (C=O) groups is 2.